The van der Waals surface area contributed by atoms with Crippen molar-refractivity contribution >= 4 is 5.97 Å². The number of hydrogen-bond acceptors (Lipinski definition) is 3. The fourth-order valence-electron chi connectivity index (χ4n) is 1.11. The Balaban J connectivity index is 2.80. The van der Waals surface area contributed by atoms with Crippen LogP contribution in [0.4, 0.5) is 4.39 Å². The Morgan fingerprint density at radius 3 is 2.73 bits per heavy atom. The maximum Gasteiger partial charge on any atom is 0.346 e. The number of carbonyl (C=O) groups excluding carboxylic acids is 1. The molecule has 1 rings (SSSR count). The van der Waals surface area contributed by atoms with E-state index < -0.39 is 17.9 Å². The monoisotopic (exact) mass is 212 g/mol. The van der Waals surface area contributed by atoms with Gasteiger partial charge in [-0.1, -0.05) is 6.07 Å². The van der Waals surface area contributed by atoms with Crippen LogP contribution < -0.4 is 4.74 Å². The largest absolute Gasteiger partial charge is 0.479 e. The van der Waals surface area contributed by atoms with Crippen molar-refractivity contribution < 1.29 is 18.7 Å². The number of hydrogen-bond donors (Lipinski definition) is 0. The molecule has 1 aromatic rings. The predicted molar refractivity (Wildman–Crippen MR) is 53.2 cm³/mol. The van der Waals surface area contributed by atoms with Gasteiger partial charge in [0, 0.05) is 6.07 Å². The third-order valence-corrected chi connectivity index (χ3v) is 1.99. The van der Waals surface area contributed by atoms with E-state index in [2.05, 4.69) is 4.74 Å². The molecule has 0 aliphatic rings. The quantitative estimate of drug-likeness (QED) is 0.719. The van der Waals surface area contributed by atoms with Crippen LogP contribution in [0.5, 0.6) is 5.75 Å². The Kier molecular flexibility index (Phi) is 3.66. The van der Waals surface area contributed by atoms with Crippen LogP contribution in [0.15, 0.2) is 18.2 Å². The van der Waals surface area contributed by atoms with Gasteiger partial charge in [0.2, 0.25) is 0 Å². The van der Waals surface area contributed by atoms with Gasteiger partial charge >= 0.3 is 5.97 Å². The molecule has 0 amide bonds. The van der Waals surface area contributed by atoms with Crippen LogP contribution in [0.3, 0.4) is 0 Å². The van der Waals surface area contributed by atoms with E-state index in [0.717, 1.165) is 5.56 Å². The molecule has 1 atom stereocenters. The Labute approximate surface area is 87.8 Å². The summed E-state index contributed by atoms with van der Waals surface area (Å²) in [7, 11) is 1.28. The highest BCUT2D eigenvalue weighted by Gasteiger charge is 2.15. The zero-order chi connectivity index (χ0) is 11.4. The molecule has 4 heteroatoms. The Bertz CT molecular complexity index is 363. The highest BCUT2D eigenvalue weighted by atomic mass is 19.1. The summed E-state index contributed by atoms with van der Waals surface area (Å²) in [6.07, 6.45) is -0.740. The maximum absolute atomic E-state index is 12.9. The van der Waals surface area contributed by atoms with E-state index in [1.54, 1.807) is 19.9 Å². The van der Waals surface area contributed by atoms with Crippen LogP contribution in [-0.4, -0.2) is 19.2 Å². The molecule has 0 saturated heterocycles. The second-order valence-corrected chi connectivity index (χ2v) is 3.19. The van der Waals surface area contributed by atoms with Crippen LogP contribution in [-0.2, 0) is 9.53 Å². The molecule has 3 nitrogen and oxygen atoms in total. The average Bonchev–Trinajstić information content (AvgIpc) is 2.22. The van der Waals surface area contributed by atoms with E-state index in [0.29, 0.717) is 5.75 Å². The van der Waals surface area contributed by atoms with E-state index >= 15 is 0 Å². The summed E-state index contributed by atoms with van der Waals surface area (Å²) in [5.41, 5.74) is 0.771. The molecule has 0 spiro atoms. The van der Waals surface area contributed by atoms with Crippen molar-refractivity contribution in [3.05, 3.63) is 29.6 Å². The molecule has 15 heavy (non-hydrogen) atoms. The van der Waals surface area contributed by atoms with Crippen molar-refractivity contribution in [3.8, 4) is 5.75 Å². The van der Waals surface area contributed by atoms with Crippen molar-refractivity contribution in [2.24, 2.45) is 0 Å². The average molecular weight is 212 g/mol. The van der Waals surface area contributed by atoms with E-state index in [9.17, 15) is 9.18 Å². The molecule has 0 aliphatic heterocycles. The summed E-state index contributed by atoms with van der Waals surface area (Å²) in [4.78, 5) is 11.1. The number of ether oxygens (including phenoxy) is 2. The second kappa shape index (κ2) is 4.77. The SMILES string of the molecule is COC(=O)C(C)Oc1cc(F)ccc1C. The molecule has 0 bridgehead atoms. The first-order chi connectivity index (χ1) is 7.04. The van der Waals surface area contributed by atoms with Crippen LogP contribution in [0.2, 0.25) is 0 Å². The third kappa shape index (κ3) is 2.94. The summed E-state index contributed by atoms with van der Waals surface area (Å²) in [6, 6.07) is 4.18. The number of benzene rings is 1. The molecular formula is C11H13FO3. The number of halogens is 1. The maximum atomic E-state index is 12.9. The van der Waals surface area contributed by atoms with Crippen LogP contribution in [0.25, 0.3) is 0 Å². The van der Waals surface area contributed by atoms with Crippen LogP contribution in [0, 0.1) is 12.7 Å². The summed E-state index contributed by atoms with van der Waals surface area (Å²) < 4.78 is 22.6. The van der Waals surface area contributed by atoms with Crippen molar-refractivity contribution in [3.63, 3.8) is 0 Å². The highest BCUT2D eigenvalue weighted by molar-refractivity contribution is 5.74. The molecular weight excluding hydrogens is 199 g/mol. The number of esters is 1. The fourth-order valence-corrected chi connectivity index (χ4v) is 1.11. The van der Waals surface area contributed by atoms with E-state index in [1.165, 1.54) is 19.2 Å². The first kappa shape index (κ1) is 11.5. The number of rotatable bonds is 3. The molecule has 0 aliphatic carbocycles. The highest BCUT2D eigenvalue weighted by Crippen LogP contribution is 2.20. The normalized spacial score (nSPS) is 12.0. The van der Waals surface area contributed by atoms with Crippen molar-refractivity contribution in [1.82, 2.24) is 0 Å². The van der Waals surface area contributed by atoms with Gasteiger partial charge in [0.1, 0.15) is 11.6 Å². The molecule has 0 aromatic heterocycles. The molecule has 1 unspecified atom stereocenters. The fraction of sp³-hybridized carbons (Fsp3) is 0.364. The lowest BCUT2D eigenvalue weighted by atomic mass is 10.2. The lowest BCUT2D eigenvalue weighted by Gasteiger charge is -2.14. The molecule has 0 radical (unpaired) electrons. The van der Waals surface area contributed by atoms with Gasteiger partial charge in [0.25, 0.3) is 0 Å². The second-order valence-electron chi connectivity index (χ2n) is 3.19. The van der Waals surface area contributed by atoms with Gasteiger partial charge in [-0.05, 0) is 25.5 Å². The van der Waals surface area contributed by atoms with Crippen molar-refractivity contribution in [1.29, 1.82) is 0 Å². The minimum absolute atomic E-state index is 0.355. The van der Waals surface area contributed by atoms with Gasteiger partial charge in [-0.3, -0.25) is 0 Å². The molecule has 82 valence electrons. The third-order valence-electron chi connectivity index (χ3n) is 1.99. The first-order valence-corrected chi connectivity index (χ1v) is 4.55. The molecule has 0 fully saturated rings. The lowest BCUT2D eigenvalue weighted by Crippen LogP contribution is -2.25. The van der Waals surface area contributed by atoms with Crippen LogP contribution in [0.1, 0.15) is 12.5 Å². The lowest BCUT2D eigenvalue weighted by molar-refractivity contribution is -0.147. The zero-order valence-electron chi connectivity index (χ0n) is 8.91. The van der Waals surface area contributed by atoms with Gasteiger partial charge < -0.3 is 9.47 Å². The number of carbonyl (C=O) groups is 1. The Morgan fingerprint density at radius 1 is 1.47 bits per heavy atom. The summed E-state index contributed by atoms with van der Waals surface area (Å²) in [5, 5.41) is 0. The topological polar surface area (TPSA) is 35.5 Å². The zero-order valence-corrected chi connectivity index (χ0v) is 8.91. The van der Waals surface area contributed by atoms with E-state index in [4.69, 9.17) is 4.74 Å². The van der Waals surface area contributed by atoms with Gasteiger partial charge in [0.05, 0.1) is 7.11 Å². The smallest absolute Gasteiger partial charge is 0.346 e. The number of aryl methyl sites for hydroxylation is 1. The molecule has 0 heterocycles. The first-order valence-electron chi connectivity index (χ1n) is 4.55. The summed E-state index contributed by atoms with van der Waals surface area (Å²) >= 11 is 0. The molecule has 0 saturated carbocycles. The van der Waals surface area contributed by atoms with Crippen LogP contribution >= 0.6 is 0 Å². The summed E-state index contributed by atoms with van der Waals surface area (Å²) in [5.74, 6) is -0.528. The minimum atomic E-state index is -0.740. The van der Waals surface area contributed by atoms with Gasteiger partial charge in [-0.15, -0.1) is 0 Å². The molecule has 0 N–H and O–H groups in total. The van der Waals surface area contributed by atoms with Gasteiger partial charge in [-0.2, -0.15) is 0 Å². The standard InChI is InChI=1S/C11H13FO3/c1-7-4-5-9(12)6-10(7)15-8(2)11(13)14-3/h4-6,8H,1-3H3. The Hall–Kier alpha value is -1.58. The van der Waals surface area contributed by atoms with Gasteiger partial charge in [-0.25, -0.2) is 9.18 Å². The molecule has 1 aromatic carbocycles. The van der Waals surface area contributed by atoms with Crippen molar-refractivity contribution in [2.45, 2.75) is 20.0 Å². The van der Waals surface area contributed by atoms with E-state index in [1.807, 2.05) is 0 Å². The predicted octanol–water partition coefficient (Wildman–Crippen LogP) is 2.07. The minimum Gasteiger partial charge on any atom is -0.479 e. The Morgan fingerprint density at radius 2 is 2.13 bits per heavy atom. The van der Waals surface area contributed by atoms with E-state index in [-0.39, 0.29) is 0 Å². The summed E-state index contributed by atoms with van der Waals surface area (Å²) in [6.45, 7) is 3.33. The van der Waals surface area contributed by atoms with Gasteiger partial charge in [0.15, 0.2) is 6.10 Å². The van der Waals surface area contributed by atoms with Crippen molar-refractivity contribution in [2.75, 3.05) is 7.11 Å². The number of methoxy groups -OCH3 is 1.